The van der Waals surface area contributed by atoms with Crippen LogP contribution in [0.15, 0.2) is 84.9 Å². The first-order valence-electron chi connectivity index (χ1n) is 10.1. The molecule has 0 aliphatic rings. The summed E-state index contributed by atoms with van der Waals surface area (Å²) in [7, 11) is 0. The van der Waals surface area contributed by atoms with Crippen molar-refractivity contribution in [3.8, 4) is 5.75 Å². The molecular weight excluding hydrogens is 413 g/mol. The van der Waals surface area contributed by atoms with E-state index in [1.165, 1.54) is 18.4 Å². The van der Waals surface area contributed by atoms with Gasteiger partial charge in [0.2, 0.25) is 0 Å². The lowest BCUT2D eigenvalue weighted by Crippen LogP contribution is -2.34. The second kappa shape index (κ2) is 12.6. The molecule has 0 amide bonds. The highest BCUT2D eigenvalue weighted by Gasteiger charge is 2.22. The molecule has 0 fully saturated rings. The van der Waals surface area contributed by atoms with Crippen LogP contribution in [0.25, 0.3) is 0 Å². The number of benzene rings is 2. The number of anilines is 1. The highest BCUT2D eigenvalue weighted by atomic mass is 35.5. The third-order valence-corrected chi connectivity index (χ3v) is 4.90. The molecule has 0 aliphatic carbocycles. The Morgan fingerprint density at radius 1 is 1.26 bits per heavy atom. The van der Waals surface area contributed by atoms with Crippen molar-refractivity contribution >= 4 is 23.5 Å². The molecule has 0 aliphatic heterocycles. The highest BCUT2D eigenvalue weighted by Crippen LogP contribution is 2.28. The molecule has 1 unspecified atom stereocenters. The zero-order chi connectivity index (χ0) is 22.6. The largest absolute Gasteiger partial charge is 0.484 e. The minimum Gasteiger partial charge on any atom is -0.484 e. The Morgan fingerprint density at radius 3 is 2.65 bits per heavy atom. The molecule has 2 atom stereocenters. The summed E-state index contributed by atoms with van der Waals surface area (Å²) < 4.78 is 19.5. The van der Waals surface area contributed by atoms with E-state index in [0.29, 0.717) is 23.7 Å². The molecular formula is C25H29ClFN3O. The minimum atomic E-state index is -0.288. The summed E-state index contributed by atoms with van der Waals surface area (Å²) in [5, 5.41) is 14.2. The molecule has 0 spiro atoms. The van der Waals surface area contributed by atoms with E-state index in [1.807, 2.05) is 55.5 Å². The summed E-state index contributed by atoms with van der Waals surface area (Å²) in [4.78, 5) is 0. The van der Waals surface area contributed by atoms with Crippen LogP contribution in [0, 0.1) is 5.41 Å². The van der Waals surface area contributed by atoms with Gasteiger partial charge in [-0.3, -0.25) is 0 Å². The molecule has 4 nitrogen and oxygen atoms in total. The number of nitrogens with one attached hydrogen (secondary N) is 3. The van der Waals surface area contributed by atoms with E-state index < -0.39 is 0 Å². The highest BCUT2D eigenvalue weighted by molar-refractivity contribution is 6.19. The first kappa shape index (κ1) is 24.2. The molecule has 6 heteroatoms. The lowest BCUT2D eigenvalue weighted by Gasteiger charge is -2.28. The SMILES string of the molecule is C=C(CCl)NC(C)[C@H](Oc1ccc(NC/C=C\C(F)=C/C)c(C=N)c1)c1ccccc1. The van der Waals surface area contributed by atoms with E-state index in [0.717, 1.165) is 16.9 Å². The van der Waals surface area contributed by atoms with Gasteiger partial charge >= 0.3 is 0 Å². The number of allylic oxidation sites excluding steroid dienone is 4. The van der Waals surface area contributed by atoms with E-state index in [9.17, 15) is 4.39 Å². The van der Waals surface area contributed by atoms with Crippen LogP contribution in [0.2, 0.25) is 0 Å². The molecule has 164 valence electrons. The molecule has 0 saturated carbocycles. The number of hydrogen-bond donors (Lipinski definition) is 3. The average Bonchev–Trinajstić information content (AvgIpc) is 2.80. The molecule has 31 heavy (non-hydrogen) atoms. The van der Waals surface area contributed by atoms with Crippen LogP contribution in [-0.2, 0) is 0 Å². The monoisotopic (exact) mass is 441 g/mol. The maximum atomic E-state index is 13.2. The van der Waals surface area contributed by atoms with Crippen molar-refractivity contribution < 1.29 is 9.13 Å². The smallest absolute Gasteiger partial charge is 0.143 e. The van der Waals surface area contributed by atoms with Crippen molar-refractivity contribution in [3.05, 3.63) is 96.0 Å². The summed E-state index contributed by atoms with van der Waals surface area (Å²) >= 11 is 5.88. The maximum absolute atomic E-state index is 13.2. The van der Waals surface area contributed by atoms with E-state index in [-0.39, 0.29) is 18.0 Å². The Morgan fingerprint density at radius 2 is 2.00 bits per heavy atom. The third-order valence-electron chi connectivity index (χ3n) is 4.58. The first-order valence-corrected chi connectivity index (χ1v) is 10.6. The Kier molecular flexibility index (Phi) is 9.85. The van der Waals surface area contributed by atoms with Crippen molar-refractivity contribution in [2.24, 2.45) is 0 Å². The number of rotatable bonds is 12. The standard InChI is InChI=1S/C25H29ClFN3O/c1-4-22(27)11-8-14-29-24-13-12-23(15-21(24)17-28)31-25(19(3)30-18(2)16-26)20-9-6-5-7-10-20/h4-13,15,17,19,25,28-30H,2,14,16H2,1,3H3/b11-8-,22-4+,28-17?/t19?,25-/m0/s1. The first-order chi connectivity index (χ1) is 15.0. The summed E-state index contributed by atoms with van der Waals surface area (Å²) in [6.45, 7) is 8.01. The van der Waals surface area contributed by atoms with Crippen LogP contribution < -0.4 is 15.4 Å². The van der Waals surface area contributed by atoms with Crippen LogP contribution in [0.5, 0.6) is 5.75 Å². The molecule has 3 N–H and O–H groups in total. The van der Waals surface area contributed by atoms with Gasteiger partial charge in [-0.05, 0) is 43.7 Å². The lowest BCUT2D eigenvalue weighted by molar-refractivity contribution is 0.167. The molecule has 0 heterocycles. The topological polar surface area (TPSA) is 57.1 Å². The van der Waals surface area contributed by atoms with Crippen LogP contribution >= 0.6 is 11.6 Å². The van der Waals surface area contributed by atoms with Crippen LogP contribution in [0.3, 0.4) is 0 Å². The molecule has 0 bridgehead atoms. The fourth-order valence-electron chi connectivity index (χ4n) is 3.02. The van der Waals surface area contributed by atoms with Crippen LogP contribution in [-0.4, -0.2) is 24.7 Å². The van der Waals surface area contributed by atoms with Gasteiger partial charge in [-0.1, -0.05) is 49.1 Å². The van der Waals surface area contributed by atoms with Crippen molar-refractivity contribution in [1.82, 2.24) is 5.32 Å². The van der Waals surface area contributed by atoms with Gasteiger partial charge in [-0.25, -0.2) is 4.39 Å². The van der Waals surface area contributed by atoms with Crippen LogP contribution in [0.1, 0.15) is 31.1 Å². The van der Waals surface area contributed by atoms with Gasteiger partial charge in [-0.2, -0.15) is 0 Å². The van der Waals surface area contributed by atoms with Crippen LogP contribution in [0.4, 0.5) is 10.1 Å². The molecule has 0 aromatic heterocycles. The number of alkyl halides is 1. The van der Waals surface area contributed by atoms with Gasteiger partial charge in [0, 0.05) is 29.7 Å². The van der Waals surface area contributed by atoms with Gasteiger partial charge in [0.1, 0.15) is 17.7 Å². The van der Waals surface area contributed by atoms with E-state index in [4.69, 9.17) is 21.7 Å². The molecule has 0 saturated heterocycles. The van der Waals surface area contributed by atoms with Gasteiger partial charge in [0.15, 0.2) is 0 Å². The molecule has 2 aromatic carbocycles. The van der Waals surface area contributed by atoms with Crippen molar-refractivity contribution in [2.45, 2.75) is 26.0 Å². The van der Waals surface area contributed by atoms with Crippen molar-refractivity contribution in [1.29, 1.82) is 5.41 Å². The van der Waals surface area contributed by atoms with Gasteiger partial charge in [0.25, 0.3) is 0 Å². The summed E-state index contributed by atoms with van der Waals surface area (Å²) in [5.74, 6) is 0.666. The normalized spacial score (nSPS) is 13.5. The Bertz CT molecular complexity index is 928. The van der Waals surface area contributed by atoms with E-state index in [2.05, 4.69) is 17.2 Å². The Hall–Kier alpha value is -3.05. The predicted octanol–water partition coefficient (Wildman–Crippen LogP) is 6.38. The number of ether oxygens (including phenoxy) is 1. The van der Waals surface area contributed by atoms with Gasteiger partial charge in [0.05, 0.1) is 11.9 Å². The lowest BCUT2D eigenvalue weighted by atomic mass is 10.0. The van der Waals surface area contributed by atoms with E-state index in [1.54, 1.807) is 13.0 Å². The quantitative estimate of drug-likeness (QED) is 0.203. The Labute approximate surface area is 189 Å². The predicted molar refractivity (Wildman–Crippen MR) is 129 cm³/mol. The number of halogens is 2. The molecule has 0 radical (unpaired) electrons. The van der Waals surface area contributed by atoms with Crippen molar-refractivity contribution in [3.63, 3.8) is 0 Å². The summed E-state index contributed by atoms with van der Waals surface area (Å²) in [6.07, 6.45) is 5.47. The maximum Gasteiger partial charge on any atom is 0.143 e. The molecule has 2 aromatic rings. The summed E-state index contributed by atoms with van der Waals surface area (Å²) in [6, 6.07) is 15.3. The van der Waals surface area contributed by atoms with Gasteiger partial charge in [-0.15, -0.1) is 11.6 Å². The zero-order valence-electron chi connectivity index (χ0n) is 17.9. The fraction of sp³-hybridized carbons (Fsp3) is 0.240. The average molecular weight is 442 g/mol. The molecule has 2 rings (SSSR count). The number of hydrogen-bond acceptors (Lipinski definition) is 4. The second-order valence-electron chi connectivity index (χ2n) is 6.97. The van der Waals surface area contributed by atoms with Gasteiger partial charge < -0.3 is 20.8 Å². The third kappa shape index (κ3) is 7.61. The Balaban J connectivity index is 2.19. The fourth-order valence-corrected chi connectivity index (χ4v) is 3.09. The summed E-state index contributed by atoms with van der Waals surface area (Å²) in [5.41, 5.74) is 3.18. The minimum absolute atomic E-state index is 0.0819. The van der Waals surface area contributed by atoms with E-state index >= 15 is 0 Å². The second-order valence-corrected chi connectivity index (χ2v) is 7.24. The van der Waals surface area contributed by atoms with Crippen molar-refractivity contribution in [2.75, 3.05) is 17.7 Å². The zero-order valence-corrected chi connectivity index (χ0v) is 18.6.